The molecule has 2 amide bonds. The van der Waals surface area contributed by atoms with Gasteiger partial charge in [-0.05, 0) is 51.1 Å². The van der Waals surface area contributed by atoms with E-state index in [2.05, 4.69) is 27.5 Å². The predicted molar refractivity (Wildman–Crippen MR) is 106 cm³/mol. The minimum atomic E-state index is -1.12. The number of hydrogen-bond donors (Lipinski definition) is 2. The third kappa shape index (κ3) is 5.21. The smallest absolute Gasteiger partial charge is 0.239 e. The highest BCUT2D eigenvalue weighted by atomic mass is 16.2. The fourth-order valence-electron chi connectivity index (χ4n) is 2.73. The Balaban J connectivity index is 1.95. The lowest BCUT2D eigenvalue weighted by Gasteiger charge is -2.34. The lowest BCUT2D eigenvalue weighted by atomic mass is 9.90. The monoisotopic (exact) mass is 360 g/mol. The average Bonchev–Trinajstić information content (AvgIpc) is 2.60. The van der Waals surface area contributed by atoms with Gasteiger partial charge in [-0.3, -0.25) is 9.59 Å². The van der Waals surface area contributed by atoms with Crippen molar-refractivity contribution in [1.82, 2.24) is 10.2 Å². The van der Waals surface area contributed by atoms with Gasteiger partial charge in [0.2, 0.25) is 11.8 Å². The molecule has 0 aromatic heterocycles. The molecule has 0 atom stereocenters. The number of nitrogens with one attached hydrogen (secondary N) is 2. The van der Waals surface area contributed by atoms with Crippen molar-refractivity contribution in [3.05, 3.63) is 24.3 Å². The van der Waals surface area contributed by atoms with Gasteiger partial charge in [-0.1, -0.05) is 13.8 Å². The summed E-state index contributed by atoms with van der Waals surface area (Å²) >= 11 is 0. The number of amides is 2. The van der Waals surface area contributed by atoms with Gasteiger partial charge < -0.3 is 20.4 Å². The Hall–Kier alpha value is -2.08. The van der Waals surface area contributed by atoms with E-state index in [1.807, 2.05) is 38.1 Å². The number of hydrogen-bond acceptors (Lipinski definition) is 4. The molecule has 6 heteroatoms. The molecule has 1 aliphatic heterocycles. The first kappa shape index (κ1) is 20.2. The maximum atomic E-state index is 12.6. The number of rotatable bonds is 6. The quantitative estimate of drug-likeness (QED) is 0.763. The molecule has 1 aromatic rings. The second-order valence-electron chi connectivity index (χ2n) is 8.02. The molecular weight excluding hydrogens is 328 g/mol. The van der Waals surface area contributed by atoms with Crippen LogP contribution in [0, 0.1) is 11.3 Å². The summed E-state index contributed by atoms with van der Waals surface area (Å²) in [7, 11) is 2.13. The molecule has 0 radical (unpaired) electrons. The number of carbonyl (C=O) groups is 2. The molecule has 2 rings (SSSR count). The van der Waals surface area contributed by atoms with Gasteiger partial charge in [-0.2, -0.15) is 0 Å². The van der Waals surface area contributed by atoms with Crippen molar-refractivity contribution in [2.45, 2.75) is 27.7 Å². The number of benzene rings is 1. The Morgan fingerprint density at radius 3 is 2.15 bits per heavy atom. The van der Waals surface area contributed by atoms with Crippen molar-refractivity contribution in [3.8, 4) is 0 Å². The SMILES string of the molecule is CC(C)CNC(=O)C(C)(C)C(=O)Nc1ccc(N2CCN(C)CC2)cc1. The van der Waals surface area contributed by atoms with Crippen molar-refractivity contribution in [2.24, 2.45) is 11.3 Å². The van der Waals surface area contributed by atoms with Crippen LogP contribution in [0.3, 0.4) is 0 Å². The van der Waals surface area contributed by atoms with E-state index < -0.39 is 5.41 Å². The largest absolute Gasteiger partial charge is 0.369 e. The van der Waals surface area contributed by atoms with Gasteiger partial charge in [0.25, 0.3) is 0 Å². The van der Waals surface area contributed by atoms with Crippen LogP contribution in [0.15, 0.2) is 24.3 Å². The zero-order chi connectivity index (χ0) is 19.3. The summed E-state index contributed by atoms with van der Waals surface area (Å²) in [4.78, 5) is 29.5. The maximum Gasteiger partial charge on any atom is 0.239 e. The Bertz CT molecular complexity index is 617. The van der Waals surface area contributed by atoms with E-state index in [0.29, 0.717) is 18.2 Å². The maximum absolute atomic E-state index is 12.6. The molecule has 0 spiro atoms. The van der Waals surface area contributed by atoms with Crippen LogP contribution in [-0.4, -0.2) is 56.5 Å². The number of anilines is 2. The molecular formula is C20H32N4O2. The van der Waals surface area contributed by atoms with E-state index in [1.54, 1.807) is 13.8 Å². The van der Waals surface area contributed by atoms with Crippen molar-refractivity contribution in [2.75, 3.05) is 50.0 Å². The average molecular weight is 361 g/mol. The normalized spacial score (nSPS) is 15.8. The molecule has 6 nitrogen and oxygen atoms in total. The second kappa shape index (κ2) is 8.54. The Labute approximate surface area is 156 Å². The number of piperazine rings is 1. The lowest BCUT2D eigenvalue weighted by molar-refractivity contribution is -0.138. The van der Waals surface area contributed by atoms with Crippen LogP contribution in [0.1, 0.15) is 27.7 Å². The van der Waals surface area contributed by atoms with E-state index in [1.165, 1.54) is 0 Å². The fourth-order valence-corrected chi connectivity index (χ4v) is 2.73. The van der Waals surface area contributed by atoms with Crippen molar-refractivity contribution < 1.29 is 9.59 Å². The molecule has 144 valence electrons. The molecule has 0 bridgehead atoms. The minimum absolute atomic E-state index is 0.252. The lowest BCUT2D eigenvalue weighted by Crippen LogP contribution is -2.46. The topological polar surface area (TPSA) is 64.7 Å². The molecule has 26 heavy (non-hydrogen) atoms. The first-order chi connectivity index (χ1) is 12.2. The van der Waals surface area contributed by atoms with Crippen LogP contribution in [-0.2, 0) is 9.59 Å². The molecule has 1 aromatic carbocycles. The summed E-state index contributed by atoms with van der Waals surface area (Å²) in [6, 6.07) is 7.83. The summed E-state index contributed by atoms with van der Waals surface area (Å²) in [6.45, 7) is 12.0. The molecule has 0 aliphatic carbocycles. The van der Waals surface area contributed by atoms with Gasteiger partial charge in [0.15, 0.2) is 0 Å². The van der Waals surface area contributed by atoms with E-state index in [9.17, 15) is 9.59 Å². The Kier molecular flexibility index (Phi) is 6.64. The number of carbonyl (C=O) groups excluding carboxylic acids is 2. The summed E-state index contributed by atoms with van der Waals surface area (Å²) in [6.07, 6.45) is 0. The highest BCUT2D eigenvalue weighted by Crippen LogP contribution is 2.22. The molecule has 2 N–H and O–H groups in total. The summed E-state index contributed by atoms with van der Waals surface area (Å²) < 4.78 is 0. The number of likely N-dealkylation sites (N-methyl/N-ethyl adjacent to an activating group) is 1. The molecule has 0 unspecified atom stereocenters. The summed E-state index contributed by atoms with van der Waals surface area (Å²) in [5, 5.41) is 5.70. The standard InChI is InChI=1S/C20H32N4O2/c1-15(2)14-21-18(25)20(3,4)19(26)22-16-6-8-17(9-7-16)24-12-10-23(5)11-13-24/h6-9,15H,10-14H2,1-5H3,(H,21,25)(H,22,26). The van der Waals surface area contributed by atoms with Gasteiger partial charge in [-0.25, -0.2) is 0 Å². The Morgan fingerprint density at radius 2 is 1.62 bits per heavy atom. The van der Waals surface area contributed by atoms with Crippen LogP contribution in [0.25, 0.3) is 0 Å². The van der Waals surface area contributed by atoms with Crippen molar-refractivity contribution in [1.29, 1.82) is 0 Å². The minimum Gasteiger partial charge on any atom is -0.369 e. The van der Waals surface area contributed by atoms with Crippen LogP contribution < -0.4 is 15.5 Å². The number of nitrogens with zero attached hydrogens (tertiary/aromatic N) is 2. The Morgan fingerprint density at radius 1 is 1.04 bits per heavy atom. The highest BCUT2D eigenvalue weighted by molar-refractivity contribution is 6.09. The van der Waals surface area contributed by atoms with Gasteiger partial charge in [0, 0.05) is 44.1 Å². The van der Waals surface area contributed by atoms with Crippen LogP contribution >= 0.6 is 0 Å². The van der Waals surface area contributed by atoms with Crippen LogP contribution in [0.2, 0.25) is 0 Å². The van der Waals surface area contributed by atoms with Crippen molar-refractivity contribution >= 4 is 23.2 Å². The van der Waals surface area contributed by atoms with E-state index in [0.717, 1.165) is 31.9 Å². The van der Waals surface area contributed by atoms with Gasteiger partial charge in [0.05, 0.1) is 0 Å². The molecule has 1 aliphatic rings. The summed E-state index contributed by atoms with van der Waals surface area (Å²) in [5.74, 6) is -0.205. The molecule has 1 heterocycles. The van der Waals surface area contributed by atoms with Gasteiger partial charge in [0.1, 0.15) is 5.41 Å². The third-order valence-corrected chi connectivity index (χ3v) is 4.80. The van der Waals surface area contributed by atoms with Crippen LogP contribution in [0.5, 0.6) is 0 Å². The summed E-state index contributed by atoms with van der Waals surface area (Å²) in [5.41, 5.74) is 0.744. The van der Waals surface area contributed by atoms with Gasteiger partial charge >= 0.3 is 0 Å². The zero-order valence-corrected chi connectivity index (χ0v) is 16.6. The first-order valence-electron chi connectivity index (χ1n) is 9.33. The van der Waals surface area contributed by atoms with E-state index >= 15 is 0 Å². The van der Waals surface area contributed by atoms with E-state index in [-0.39, 0.29) is 11.8 Å². The van der Waals surface area contributed by atoms with Gasteiger partial charge in [-0.15, -0.1) is 0 Å². The predicted octanol–water partition coefficient (Wildman–Crippen LogP) is 2.18. The van der Waals surface area contributed by atoms with E-state index in [4.69, 9.17) is 0 Å². The fraction of sp³-hybridized carbons (Fsp3) is 0.600. The van der Waals surface area contributed by atoms with Crippen molar-refractivity contribution in [3.63, 3.8) is 0 Å². The van der Waals surface area contributed by atoms with Crippen LogP contribution in [0.4, 0.5) is 11.4 Å². The second-order valence-corrected chi connectivity index (χ2v) is 8.02. The molecule has 0 saturated carbocycles. The highest BCUT2D eigenvalue weighted by Gasteiger charge is 2.36. The molecule has 1 saturated heterocycles. The first-order valence-corrected chi connectivity index (χ1v) is 9.33. The third-order valence-electron chi connectivity index (χ3n) is 4.80. The molecule has 1 fully saturated rings. The zero-order valence-electron chi connectivity index (χ0n) is 16.6.